The van der Waals surface area contributed by atoms with Gasteiger partial charge in [-0.25, -0.2) is 0 Å². The third-order valence-electron chi connectivity index (χ3n) is 3.02. The number of aryl methyl sites for hydroxylation is 1. The summed E-state index contributed by atoms with van der Waals surface area (Å²) in [4.78, 5) is 13.6. The Morgan fingerprint density at radius 1 is 1.30 bits per heavy atom. The molecule has 0 aliphatic carbocycles. The van der Waals surface area contributed by atoms with E-state index in [1.54, 1.807) is 11.3 Å². The van der Waals surface area contributed by atoms with Gasteiger partial charge in [0.2, 0.25) is 0 Å². The van der Waals surface area contributed by atoms with Crippen LogP contribution in [0.25, 0.3) is 0 Å². The van der Waals surface area contributed by atoms with Gasteiger partial charge in [0.15, 0.2) is 0 Å². The molecule has 1 aromatic heterocycles. The van der Waals surface area contributed by atoms with Crippen molar-refractivity contribution >= 4 is 22.9 Å². The Hall–Kier alpha value is -1.81. The van der Waals surface area contributed by atoms with E-state index in [2.05, 4.69) is 22.1 Å². The van der Waals surface area contributed by atoms with Crippen molar-refractivity contribution in [3.63, 3.8) is 0 Å². The zero-order chi connectivity index (χ0) is 14.4. The topological polar surface area (TPSA) is 41.1 Å². The number of carbonyl (C=O) groups excluding carboxylic acids is 1. The molecule has 0 saturated heterocycles. The molecule has 0 atom stereocenters. The van der Waals surface area contributed by atoms with Gasteiger partial charge in [-0.05, 0) is 43.8 Å². The minimum absolute atomic E-state index is 0.0128. The summed E-state index contributed by atoms with van der Waals surface area (Å²) in [7, 11) is 0. The summed E-state index contributed by atoms with van der Waals surface area (Å²) < 4.78 is 0. The van der Waals surface area contributed by atoms with Gasteiger partial charge in [-0.3, -0.25) is 4.79 Å². The molecule has 2 aromatic rings. The van der Waals surface area contributed by atoms with E-state index in [-0.39, 0.29) is 5.91 Å². The van der Waals surface area contributed by atoms with E-state index >= 15 is 0 Å². The Morgan fingerprint density at radius 2 is 2.15 bits per heavy atom. The lowest BCUT2D eigenvalue weighted by molar-refractivity contribution is 0.0955. The number of hydrogen-bond donors (Lipinski definition) is 2. The Morgan fingerprint density at radius 3 is 2.85 bits per heavy atom. The third kappa shape index (κ3) is 3.84. The van der Waals surface area contributed by atoms with E-state index in [0.717, 1.165) is 29.8 Å². The summed E-state index contributed by atoms with van der Waals surface area (Å²) in [5, 5.41) is 8.28. The lowest BCUT2D eigenvalue weighted by Gasteiger charge is -2.12. The fourth-order valence-electron chi connectivity index (χ4n) is 2.04. The molecule has 20 heavy (non-hydrogen) atoms. The van der Waals surface area contributed by atoms with Crippen LogP contribution in [0.3, 0.4) is 0 Å². The summed E-state index contributed by atoms with van der Waals surface area (Å²) in [5.74, 6) is -0.0128. The summed E-state index contributed by atoms with van der Waals surface area (Å²) in [6.45, 7) is 5.49. The normalized spacial score (nSPS) is 10.3. The van der Waals surface area contributed by atoms with Gasteiger partial charge in [0, 0.05) is 23.7 Å². The van der Waals surface area contributed by atoms with Crippen LogP contribution in [0.2, 0.25) is 0 Å². The molecule has 0 spiro atoms. The second-order valence-electron chi connectivity index (χ2n) is 4.66. The van der Waals surface area contributed by atoms with Gasteiger partial charge in [0.25, 0.3) is 5.91 Å². The number of rotatable bonds is 6. The van der Waals surface area contributed by atoms with Crippen molar-refractivity contribution in [1.29, 1.82) is 0 Å². The highest BCUT2D eigenvalue weighted by atomic mass is 32.1. The minimum atomic E-state index is -0.0128. The average Bonchev–Trinajstić information content (AvgIpc) is 2.94. The molecule has 0 aliphatic heterocycles. The molecule has 4 heteroatoms. The Bertz CT molecular complexity index is 564. The minimum Gasteiger partial charge on any atom is -0.385 e. The molecule has 1 heterocycles. The van der Waals surface area contributed by atoms with E-state index < -0.39 is 0 Å². The van der Waals surface area contributed by atoms with Gasteiger partial charge in [0.1, 0.15) is 0 Å². The van der Waals surface area contributed by atoms with Crippen LogP contribution < -0.4 is 10.6 Å². The first-order valence-corrected chi connectivity index (χ1v) is 7.73. The first-order valence-electron chi connectivity index (χ1n) is 6.86. The fraction of sp³-hybridized carbons (Fsp3) is 0.312. The zero-order valence-electron chi connectivity index (χ0n) is 11.9. The standard InChI is InChI=1S/C16H20N2OS/c1-3-17-15-7-6-12(2)11-14(15)16(19)18-9-8-13-5-4-10-20-13/h4-7,10-11,17H,3,8-9H2,1-2H3,(H,18,19). The highest BCUT2D eigenvalue weighted by Gasteiger charge is 2.10. The molecule has 0 radical (unpaired) electrons. The van der Waals surface area contributed by atoms with Crippen LogP contribution in [0, 0.1) is 6.92 Å². The number of hydrogen-bond acceptors (Lipinski definition) is 3. The maximum absolute atomic E-state index is 12.3. The number of benzene rings is 1. The number of amides is 1. The van der Waals surface area contributed by atoms with Gasteiger partial charge < -0.3 is 10.6 Å². The van der Waals surface area contributed by atoms with Crippen molar-refractivity contribution in [2.45, 2.75) is 20.3 Å². The lowest BCUT2D eigenvalue weighted by Crippen LogP contribution is -2.26. The molecular weight excluding hydrogens is 268 g/mol. The van der Waals surface area contributed by atoms with Crippen molar-refractivity contribution in [1.82, 2.24) is 5.32 Å². The summed E-state index contributed by atoms with van der Waals surface area (Å²) in [6, 6.07) is 10.0. The lowest BCUT2D eigenvalue weighted by atomic mass is 10.1. The van der Waals surface area contributed by atoms with Crippen LogP contribution in [0.1, 0.15) is 27.7 Å². The van der Waals surface area contributed by atoms with E-state index in [0.29, 0.717) is 6.54 Å². The molecule has 0 fully saturated rings. The van der Waals surface area contributed by atoms with Crippen LogP contribution in [0.15, 0.2) is 35.7 Å². The van der Waals surface area contributed by atoms with Crippen molar-refractivity contribution in [2.24, 2.45) is 0 Å². The molecule has 2 rings (SSSR count). The molecule has 1 amide bonds. The SMILES string of the molecule is CCNc1ccc(C)cc1C(=O)NCCc1cccs1. The van der Waals surface area contributed by atoms with Crippen molar-refractivity contribution < 1.29 is 4.79 Å². The molecule has 2 N–H and O–H groups in total. The first-order chi connectivity index (χ1) is 9.70. The van der Waals surface area contributed by atoms with Crippen LogP contribution in [0.4, 0.5) is 5.69 Å². The largest absolute Gasteiger partial charge is 0.385 e. The molecule has 1 aromatic carbocycles. The molecule has 106 valence electrons. The Balaban J connectivity index is 1.99. The molecule has 0 bridgehead atoms. The summed E-state index contributed by atoms with van der Waals surface area (Å²) >= 11 is 1.72. The summed E-state index contributed by atoms with van der Waals surface area (Å²) in [6.07, 6.45) is 0.881. The van der Waals surface area contributed by atoms with Crippen molar-refractivity contribution in [3.8, 4) is 0 Å². The van der Waals surface area contributed by atoms with Crippen LogP contribution in [-0.2, 0) is 6.42 Å². The number of nitrogens with one attached hydrogen (secondary N) is 2. The van der Waals surface area contributed by atoms with Crippen molar-refractivity contribution in [2.75, 3.05) is 18.4 Å². The smallest absolute Gasteiger partial charge is 0.253 e. The van der Waals surface area contributed by atoms with E-state index in [1.807, 2.05) is 38.1 Å². The van der Waals surface area contributed by atoms with E-state index in [1.165, 1.54) is 4.88 Å². The predicted molar refractivity (Wildman–Crippen MR) is 85.7 cm³/mol. The number of thiophene rings is 1. The predicted octanol–water partition coefficient (Wildman–Crippen LogP) is 3.46. The fourth-order valence-corrected chi connectivity index (χ4v) is 2.75. The first kappa shape index (κ1) is 14.6. The van der Waals surface area contributed by atoms with Crippen LogP contribution >= 0.6 is 11.3 Å². The van der Waals surface area contributed by atoms with E-state index in [9.17, 15) is 4.79 Å². The van der Waals surface area contributed by atoms with Gasteiger partial charge in [0.05, 0.1) is 5.56 Å². The molecular formula is C16H20N2OS. The average molecular weight is 288 g/mol. The molecule has 0 saturated carbocycles. The maximum atomic E-state index is 12.3. The number of anilines is 1. The highest BCUT2D eigenvalue weighted by molar-refractivity contribution is 7.09. The second-order valence-corrected chi connectivity index (χ2v) is 5.70. The second kappa shape index (κ2) is 7.10. The molecule has 3 nitrogen and oxygen atoms in total. The van der Waals surface area contributed by atoms with Crippen molar-refractivity contribution in [3.05, 3.63) is 51.7 Å². The van der Waals surface area contributed by atoms with Gasteiger partial charge in [-0.1, -0.05) is 17.7 Å². The van der Waals surface area contributed by atoms with Gasteiger partial charge in [-0.2, -0.15) is 0 Å². The third-order valence-corrected chi connectivity index (χ3v) is 3.96. The van der Waals surface area contributed by atoms with Gasteiger partial charge >= 0.3 is 0 Å². The van der Waals surface area contributed by atoms with Crippen LogP contribution in [-0.4, -0.2) is 19.0 Å². The summed E-state index contributed by atoms with van der Waals surface area (Å²) in [5.41, 5.74) is 2.71. The van der Waals surface area contributed by atoms with E-state index in [4.69, 9.17) is 0 Å². The maximum Gasteiger partial charge on any atom is 0.253 e. The zero-order valence-corrected chi connectivity index (χ0v) is 12.7. The van der Waals surface area contributed by atoms with Gasteiger partial charge in [-0.15, -0.1) is 11.3 Å². The Kier molecular flexibility index (Phi) is 5.18. The van der Waals surface area contributed by atoms with Crippen LogP contribution in [0.5, 0.6) is 0 Å². The number of carbonyl (C=O) groups is 1. The quantitative estimate of drug-likeness (QED) is 0.854. The molecule has 0 unspecified atom stereocenters. The monoisotopic (exact) mass is 288 g/mol. The Labute approximate surface area is 124 Å². The molecule has 0 aliphatic rings. The highest BCUT2D eigenvalue weighted by Crippen LogP contribution is 2.17.